The Morgan fingerprint density at radius 2 is 1.79 bits per heavy atom. The first-order valence-corrected chi connectivity index (χ1v) is 9.83. The third-order valence-corrected chi connectivity index (χ3v) is 5.01. The molecule has 29 heavy (non-hydrogen) atoms. The number of para-hydroxylation sites is 3. The molecule has 0 saturated carbocycles. The summed E-state index contributed by atoms with van der Waals surface area (Å²) in [5.41, 5.74) is 2.09. The minimum absolute atomic E-state index is 0.0252. The molecule has 0 bridgehead atoms. The summed E-state index contributed by atoms with van der Waals surface area (Å²) >= 11 is 1.27. The summed E-state index contributed by atoms with van der Waals surface area (Å²) in [5, 5.41) is 21.7. The van der Waals surface area contributed by atoms with Gasteiger partial charge in [0.2, 0.25) is 5.91 Å². The number of amides is 1. The van der Waals surface area contributed by atoms with Crippen LogP contribution in [0, 0.1) is 0 Å². The fourth-order valence-corrected chi connectivity index (χ4v) is 3.50. The number of pyridine rings is 1. The lowest BCUT2D eigenvalue weighted by Crippen LogP contribution is -2.14. The average Bonchev–Trinajstić information content (AvgIpc) is 3.19. The van der Waals surface area contributed by atoms with Crippen LogP contribution < -0.4 is 5.32 Å². The van der Waals surface area contributed by atoms with Gasteiger partial charge < -0.3 is 10.4 Å². The van der Waals surface area contributed by atoms with E-state index in [2.05, 4.69) is 20.5 Å². The Morgan fingerprint density at radius 3 is 2.55 bits per heavy atom. The van der Waals surface area contributed by atoms with Crippen molar-refractivity contribution in [3.8, 4) is 22.8 Å². The summed E-state index contributed by atoms with van der Waals surface area (Å²) in [4.78, 5) is 16.5. The van der Waals surface area contributed by atoms with E-state index in [0.717, 1.165) is 11.3 Å². The van der Waals surface area contributed by atoms with Crippen LogP contribution in [0.4, 0.5) is 5.69 Å². The zero-order valence-electron chi connectivity index (χ0n) is 15.3. The van der Waals surface area contributed by atoms with Crippen molar-refractivity contribution < 1.29 is 9.90 Å². The predicted molar refractivity (Wildman–Crippen MR) is 112 cm³/mol. The lowest BCUT2D eigenvalue weighted by atomic mass is 10.2. The Hall–Kier alpha value is -3.65. The zero-order chi connectivity index (χ0) is 20.1. The molecular weight excluding hydrogens is 386 g/mol. The van der Waals surface area contributed by atoms with Gasteiger partial charge in [-0.2, -0.15) is 0 Å². The van der Waals surface area contributed by atoms with E-state index in [1.165, 1.54) is 17.8 Å². The fourth-order valence-electron chi connectivity index (χ4n) is 2.75. The Bertz CT molecular complexity index is 1120. The molecule has 0 fully saturated rings. The van der Waals surface area contributed by atoms with Crippen molar-refractivity contribution in [2.75, 3.05) is 11.1 Å². The van der Waals surface area contributed by atoms with Crippen LogP contribution in [0.15, 0.2) is 84.3 Å². The number of thioether (sulfide) groups is 1. The highest BCUT2D eigenvalue weighted by molar-refractivity contribution is 7.99. The summed E-state index contributed by atoms with van der Waals surface area (Å²) in [5.74, 6) is 0.541. The van der Waals surface area contributed by atoms with Gasteiger partial charge >= 0.3 is 0 Å². The highest BCUT2D eigenvalue weighted by Crippen LogP contribution is 2.28. The predicted octanol–water partition coefficient (Wildman–Crippen LogP) is 3.77. The SMILES string of the molecule is O=C(CSc1nnc(-c2cccnc2)n1-c1ccccc1)Nc1ccccc1O. The normalized spacial score (nSPS) is 10.6. The van der Waals surface area contributed by atoms with Crippen LogP contribution >= 0.6 is 11.8 Å². The first kappa shape index (κ1) is 18.7. The number of carbonyl (C=O) groups is 1. The molecule has 144 valence electrons. The quantitative estimate of drug-likeness (QED) is 0.376. The molecule has 1 amide bonds. The van der Waals surface area contributed by atoms with Crippen LogP contribution in [-0.2, 0) is 4.79 Å². The second-order valence-corrected chi connectivity index (χ2v) is 7.02. The Balaban J connectivity index is 1.58. The van der Waals surface area contributed by atoms with Gasteiger partial charge in [-0.15, -0.1) is 10.2 Å². The van der Waals surface area contributed by atoms with E-state index in [-0.39, 0.29) is 17.4 Å². The van der Waals surface area contributed by atoms with Crippen LogP contribution in [0.2, 0.25) is 0 Å². The summed E-state index contributed by atoms with van der Waals surface area (Å²) < 4.78 is 1.90. The molecule has 2 N–H and O–H groups in total. The number of aromatic nitrogens is 4. The van der Waals surface area contributed by atoms with Gasteiger partial charge in [0, 0.05) is 23.6 Å². The molecule has 0 spiro atoms. The molecule has 0 aliphatic heterocycles. The van der Waals surface area contributed by atoms with E-state index in [1.807, 2.05) is 47.0 Å². The molecule has 7 nitrogen and oxygen atoms in total. The number of aromatic hydroxyl groups is 1. The third-order valence-electron chi connectivity index (χ3n) is 4.08. The first-order chi connectivity index (χ1) is 14.2. The van der Waals surface area contributed by atoms with E-state index in [0.29, 0.717) is 16.7 Å². The van der Waals surface area contributed by atoms with Gasteiger partial charge in [-0.25, -0.2) is 0 Å². The van der Waals surface area contributed by atoms with E-state index < -0.39 is 0 Å². The fraction of sp³-hybridized carbons (Fsp3) is 0.0476. The molecule has 0 unspecified atom stereocenters. The highest BCUT2D eigenvalue weighted by Gasteiger charge is 2.17. The smallest absolute Gasteiger partial charge is 0.234 e. The van der Waals surface area contributed by atoms with E-state index in [1.54, 1.807) is 30.6 Å². The molecule has 2 heterocycles. The number of hydrogen-bond acceptors (Lipinski definition) is 6. The molecule has 4 rings (SSSR count). The van der Waals surface area contributed by atoms with Crippen LogP contribution in [0.5, 0.6) is 5.75 Å². The second-order valence-electron chi connectivity index (χ2n) is 6.07. The lowest BCUT2D eigenvalue weighted by molar-refractivity contribution is -0.113. The number of phenols is 1. The maximum absolute atomic E-state index is 12.4. The van der Waals surface area contributed by atoms with Crippen molar-refractivity contribution in [3.63, 3.8) is 0 Å². The van der Waals surface area contributed by atoms with E-state index in [9.17, 15) is 9.90 Å². The van der Waals surface area contributed by atoms with Crippen molar-refractivity contribution in [1.29, 1.82) is 0 Å². The number of carbonyl (C=O) groups excluding carboxylic acids is 1. The van der Waals surface area contributed by atoms with E-state index >= 15 is 0 Å². The Labute approximate surface area is 171 Å². The summed E-state index contributed by atoms with van der Waals surface area (Å²) in [7, 11) is 0. The topological polar surface area (TPSA) is 92.9 Å². The van der Waals surface area contributed by atoms with Gasteiger partial charge in [0.15, 0.2) is 11.0 Å². The lowest BCUT2D eigenvalue weighted by Gasteiger charge is -2.10. The van der Waals surface area contributed by atoms with Gasteiger partial charge in [0.25, 0.3) is 0 Å². The molecular formula is C21H17N5O2S. The minimum Gasteiger partial charge on any atom is -0.506 e. The number of anilines is 1. The maximum Gasteiger partial charge on any atom is 0.234 e. The molecule has 0 aliphatic carbocycles. The molecule has 2 aromatic carbocycles. The number of nitrogens with zero attached hydrogens (tertiary/aromatic N) is 4. The molecule has 2 aromatic heterocycles. The van der Waals surface area contributed by atoms with Gasteiger partial charge in [-0.3, -0.25) is 14.3 Å². The van der Waals surface area contributed by atoms with Crippen molar-refractivity contribution >= 4 is 23.4 Å². The number of nitrogens with one attached hydrogen (secondary N) is 1. The summed E-state index contributed by atoms with van der Waals surface area (Å²) in [6, 6.07) is 20.1. The van der Waals surface area contributed by atoms with Crippen LogP contribution in [0.3, 0.4) is 0 Å². The third kappa shape index (κ3) is 4.27. The van der Waals surface area contributed by atoms with Gasteiger partial charge in [0.05, 0.1) is 11.4 Å². The minimum atomic E-state index is -0.248. The second kappa shape index (κ2) is 8.57. The average molecular weight is 403 g/mol. The Morgan fingerprint density at radius 1 is 1.00 bits per heavy atom. The largest absolute Gasteiger partial charge is 0.506 e. The molecule has 4 aromatic rings. The monoisotopic (exact) mass is 403 g/mol. The zero-order valence-corrected chi connectivity index (χ0v) is 16.1. The van der Waals surface area contributed by atoms with Crippen LogP contribution in [-0.4, -0.2) is 36.5 Å². The standard InChI is InChI=1S/C21H17N5O2S/c27-18-11-5-4-10-17(18)23-19(28)14-29-21-25-24-20(15-7-6-12-22-13-15)26(21)16-8-2-1-3-9-16/h1-13,27H,14H2,(H,23,28). The first-order valence-electron chi connectivity index (χ1n) is 8.84. The van der Waals surface area contributed by atoms with Crippen molar-refractivity contribution in [2.24, 2.45) is 0 Å². The molecule has 0 atom stereocenters. The van der Waals surface area contributed by atoms with E-state index in [4.69, 9.17) is 0 Å². The molecule has 0 saturated heterocycles. The molecule has 8 heteroatoms. The summed E-state index contributed by atoms with van der Waals surface area (Å²) in [6.45, 7) is 0. The van der Waals surface area contributed by atoms with Gasteiger partial charge in [-0.1, -0.05) is 42.1 Å². The van der Waals surface area contributed by atoms with Gasteiger partial charge in [-0.05, 0) is 36.4 Å². The highest BCUT2D eigenvalue weighted by atomic mass is 32.2. The maximum atomic E-state index is 12.4. The number of rotatable bonds is 6. The molecule has 0 aliphatic rings. The van der Waals surface area contributed by atoms with Crippen LogP contribution in [0.25, 0.3) is 17.1 Å². The van der Waals surface area contributed by atoms with Crippen molar-refractivity contribution in [3.05, 3.63) is 79.1 Å². The van der Waals surface area contributed by atoms with Crippen molar-refractivity contribution in [1.82, 2.24) is 19.7 Å². The number of benzene rings is 2. The Kier molecular flexibility index (Phi) is 5.53. The van der Waals surface area contributed by atoms with Crippen LogP contribution in [0.1, 0.15) is 0 Å². The molecule has 0 radical (unpaired) electrons. The van der Waals surface area contributed by atoms with Gasteiger partial charge in [0.1, 0.15) is 5.75 Å². The van der Waals surface area contributed by atoms with Crippen molar-refractivity contribution in [2.45, 2.75) is 5.16 Å². The number of phenolic OH excluding ortho intramolecular Hbond substituents is 1. The summed E-state index contributed by atoms with van der Waals surface area (Å²) in [6.07, 6.45) is 3.43. The number of hydrogen-bond donors (Lipinski definition) is 2.